The summed E-state index contributed by atoms with van der Waals surface area (Å²) in [6.07, 6.45) is 9.34. The summed E-state index contributed by atoms with van der Waals surface area (Å²) in [7, 11) is 0. The number of benzene rings is 1. The van der Waals surface area contributed by atoms with Crippen molar-refractivity contribution in [2.75, 3.05) is 13.1 Å². The van der Waals surface area contributed by atoms with E-state index in [0.29, 0.717) is 5.41 Å². The number of rotatable bonds is 1. The van der Waals surface area contributed by atoms with Crippen LogP contribution < -0.4 is 0 Å². The van der Waals surface area contributed by atoms with Crippen LogP contribution in [0, 0.1) is 12.3 Å². The van der Waals surface area contributed by atoms with Gasteiger partial charge >= 0.3 is 0 Å². The molecule has 1 aromatic rings. The third-order valence-electron chi connectivity index (χ3n) is 5.52. The van der Waals surface area contributed by atoms with Gasteiger partial charge in [0.25, 0.3) is 5.91 Å². The van der Waals surface area contributed by atoms with E-state index < -0.39 is 0 Å². The summed E-state index contributed by atoms with van der Waals surface area (Å²) in [6, 6.07) is 5.91. The zero-order chi connectivity index (χ0) is 14.9. The van der Waals surface area contributed by atoms with E-state index >= 15 is 0 Å². The number of piperidine rings is 1. The van der Waals surface area contributed by atoms with E-state index in [1.807, 2.05) is 25.1 Å². The molecule has 1 saturated heterocycles. The fraction of sp³-hybridized carbons (Fsp3) is 0.611. The van der Waals surface area contributed by atoms with Gasteiger partial charge in [-0.3, -0.25) is 4.79 Å². The van der Waals surface area contributed by atoms with E-state index in [-0.39, 0.29) is 5.91 Å². The van der Waals surface area contributed by atoms with Crippen LogP contribution in [-0.2, 0) is 0 Å². The Hall–Kier alpha value is -0.830. The molecule has 2 nitrogen and oxygen atoms in total. The Balaban J connectivity index is 1.69. The summed E-state index contributed by atoms with van der Waals surface area (Å²) in [5.41, 5.74) is 2.46. The molecule has 21 heavy (non-hydrogen) atoms. The number of carbonyl (C=O) groups is 1. The number of likely N-dealkylation sites (tertiary alicyclic amines) is 1. The molecule has 1 heterocycles. The molecule has 1 spiro atoms. The Bertz CT molecular complexity index is 524. The smallest absolute Gasteiger partial charge is 0.254 e. The molecule has 114 valence electrons. The summed E-state index contributed by atoms with van der Waals surface area (Å²) in [4.78, 5) is 14.8. The van der Waals surface area contributed by atoms with Crippen LogP contribution in [-0.4, -0.2) is 23.9 Å². The van der Waals surface area contributed by atoms with Crippen molar-refractivity contribution in [1.29, 1.82) is 0 Å². The van der Waals surface area contributed by atoms with Crippen LogP contribution in [0.25, 0.3) is 0 Å². The summed E-state index contributed by atoms with van der Waals surface area (Å²) in [5, 5.41) is 0. The topological polar surface area (TPSA) is 20.3 Å². The molecule has 0 unspecified atom stereocenters. The minimum absolute atomic E-state index is 0.208. The van der Waals surface area contributed by atoms with Crippen molar-refractivity contribution < 1.29 is 4.79 Å². The summed E-state index contributed by atoms with van der Waals surface area (Å²) in [6.45, 7) is 3.89. The van der Waals surface area contributed by atoms with Crippen LogP contribution in [0.2, 0.25) is 0 Å². The van der Waals surface area contributed by atoms with E-state index in [4.69, 9.17) is 0 Å². The van der Waals surface area contributed by atoms with Gasteiger partial charge in [0, 0.05) is 23.1 Å². The normalized spacial score (nSPS) is 21.5. The standard InChI is InChI=1S/C18H24BrNO/c1-14-15(6-5-7-16(14)19)17(21)20-12-10-18(11-13-20)8-3-2-4-9-18/h5-7H,2-4,8-13H2,1H3. The molecule has 1 amide bonds. The molecule has 2 aliphatic rings. The van der Waals surface area contributed by atoms with Crippen molar-refractivity contribution in [1.82, 2.24) is 4.90 Å². The number of nitrogens with zero attached hydrogens (tertiary/aromatic N) is 1. The molecule has 1 aliphatic carbocycles. The Morgan fingerprint density at radius 3 is 2.43 bits per heavy atom. The van der Waals surface area contributed by atoms with Crippen molar-refractivity contribution in [3.05, 3.63) is 33.8 Å². The maximum absolute atomic E-state index is 12.7. The van der Waals surface area contributed by atoms with E-state index in [1.165, 1.54) is 44.9 Å². The fourth-order valence-corrected chi connectivity index (χ4v) is 4.36. The average molecular weight is 350 g/mol. The predicted molar refractivity (Wildman–Crippen MR) is 89.5 cm³/mol. The largest absolute Gasteiger partial charge is 0.339 e. The highest BCUT2D eigenvalue weighted by Crippen LogP contribution is 2.44. The Morgan fingerprint density at radius 1 is 1.10 bits per heavy atom. The van der Waals surface area contributed by atoms with Crippen molar-refractivity contribution in [2.45, 2.75) is 51.9 Å². The first kappa shape index (κ1) is 15.1. The SMILES string of the molecule is Cc1c(Br)cccc1C(=O)N1CCC2(CCCCC2)CC1. The first-order valence-corrected chi connectivity index (χ1v) is 8.95. The molecule has 1 aliphatic heterocycles. The van der Waals surface area contributed by atoms with Gasteiger partial charge in [0.05, 0.1) is 0 Å². The fourth-order valence-electron chi connectivity index (χ4n) is 4.00. The second-order valence-electron chi connectivity index (χ2n) is 6.77. The lowest BCUT2D eigenvalue weighted by Gasteiger charge is -2.44. The molecule has 0 aromatic heterocycles. The zero-order valence-electron chi connectivity index (χ0n) is 12.8. The highest BCUT2D eigenvalue weighted by Gasteiger charge is 2.36. The Labute approximate surface area is 136 Å². The minimum atomic E-state index is 0.208. The van der Waals surface area contributed by atoms with Crippen LogP contribution in [0.4, 0.5) is 0 Å². The maximum atomic E-state index is 12.7. The van der Waals surface area contributed by atoms with Gasteiger partial charge in [-0.15, -0.1) is 0 Å². The zero-order valence-corrected chi connectivity index (χ0v) is 14.4. The highest BCUT2D eigenvalue weighted by atomic mass is 79.9. The van der Waals surface area contributed by atoms with Gasteiger partial charge in [0.2, 0.25) is 0 Å². The van der Waals surface area contributed by atoms with E-state index in [9.17, 15) is 4.79 Å². The van der Waals surface area contributed by atoms with Crippen LogP contribution >= 0.6 is 15.9 Å². The number of halogens is 1. The van der Waals surface area contributed by atoms with E-state index in [1.54, 1.807) is 0 Å². The van der Waals surface area contributed by atoms with Gasteiger partial charge < -0.3 is 4.90 Å². The molecule has 0 N–H and O–H groups in total. The van der Waals surface area contributed by atoms with Gasteiger partial charge in [-0.1, -0.05) is 41.3 Å². The molecule has 0 bridgehead atoms. The minimum Gasteiger partial charge on any atom is -0.339 e. The van der Waals surface area contributed by atoms with Crippen LogP contribution in [0.1, 0.15) is 60.9 Å². The molecule has 1 saturated carbocycles. The molecule has 1 aromatic carbocycles. The maximum Gasteiger partial charge on any atom is 0.254 e. The van der Waals surface area contributed by atoms with Crippen molar-refractivity contribution in [3.63, 3.8) is 0 Å². The molecule has 0 atom stereocenters. The summed E-state index contributed by atoms with van der Waals surface area (Å²) in [5.74, 6) is 0.208. The molecule has 2 fully saturated rings. The number of carbonyl (C=O) groups excluding carboxylic acids is 1. The lowest BCUT2D eigenvalue weighted by atomic mass is 9.68. The van der Waals surface area contributed by atoms with Crippen LogP contribution in [0.5, 0.6) is 0 Å². The Morgan fingerprint density at radius 2 is 1.76 bits per heavy atom. The number of hydrogen-bond acceptors (Lipinski definition) is 1. The third kappa shape index (κ3) is 3.03. The van der Waals surface area contributed by atoms with Gasteiger partial charge in [-0.25, -0.2) is 0 Å². The monoisotopic (exact) mass is 349 g/mol. The quantitative estimate of drug-likeness (QED) is 0.702. The van der Waals surface area contributed by atoms with Gasteiger partial charge in [0.1, 0.15) is 0 Å². The van der Waals surface area contributed by atoms with E-state index in [0.717, 1.165) is 28.7 Å². The molecule has 3 heteroatoms. The number of amides is 1. The molecule has 3 rings (SSSR count). The lowest BCUT2D eigenvalue weighted by Crippen LogP contribution is -2.44. The van der Waals surface area contributed by atoms with Crippen LogP contribution in [0.3, 0.4) is 0 Å². The molecular formula is C18H24BrNO. The highest BCUT2D eigenvalue weighted by molar-refractivity contribution is 9.10. The lowest BCUT2D eigenvalue weighted by molar-refractivity contribution is 0.0471. The summed E-state index contributed by atoms with van der Waals surface area (Å²) >= 11 is 3.53. The summed E-state index contributed by atoms with van der Waals surface area (Å²) < 4.78 is 1.02. The van der Waals surface area contributed by atoms with Gasteiger partial charge in [0.15, 0.2) is 0 Å². The number of hydrogen-bond donors (Lipinski definition) is 0. The van der Waals surface area contributed by atoms with Crippen molar-refractivity contribution in [3.8, 4) is 0 Å². The van der Waals surface area contributed by atoms with Crippen molar-refractivity contribution >= 4 is 21.8 Å². The molecule has 0 radical (unpaired) electrons. The second kappa shape index (κ2) is 6.12. The van der Waals surface area contributed by atoms with Gasteiger partial charge in [-0.2, -0.15) is 0 Å². The average Bonchev–Trinajstić information content (AvgIpc) is 2.51. The van der Waals surface area contributed by atoms with E-state index in [2.05, 4.69) is 20.8 Å². The van der Waals surface area contributed by atoms with Crippen molar-refractivity contribution in [2.24, 2.45) is 5.41 Å². The third-order valence-corrected chi connectivity index (χ3v) is 6.38. The predicted octanol–water partition coefficient (Wildman–Crippen LogP) is 4.94. The second-order valence-corrected chi connectivity index (χ2v) is 7.62. The Kier molecular flexibility index (Phi) is 4.39. The first-order valence-electron chi connectivity index (χ1n) is 8.16. The first-order chi connectivity index (χ1) is 10.1. The molecular weight excluding hydrogens is 326 g/mol. The van der Waals surface area contributed by atoms with Gasteiger partial charge in [-0.05, 0) is 55.7 Å². The van der Waals surface area contributed by atoms with Crippen LogP contribution in [0.15, 0.2) is 22.7 Å².